The van der Waals surface area contributed by atoms with Crippen molar-refractivity contribution >= 4 is 0 Å². The molecular formula is C10H19N. The van der Waals surface area contributed by atoms with E-state index in [1.807, 2.05) is 0 Å². The van der Waals surface area contributed by atoms with Crippen LogP contribution < -0.4 is 5.73 Å². The van der Waals surface area contributed by atoms with E-state index in [0.29, 0.717) is 0 Å². The minimum atomic E-state index is 0.0842. The largest absolute Gasteiger partial charge is 0.325 e. The summed E-state index contributed by atoms with van der Waals surface area (Å²) in [6, 6.07) is 0. The highest BCUT2D eigenvalue weighted by Gasteiger charge is 2.51. The molecule has 0 heterocycles. The fourth-order valence-corrected chi connectivity index (χ4v) is 2.60. The van der Waals surface area contributed by atoms with Crippen LogP contribution in [0.15, 0.2) is 0 Å². The van der Waals surface area contributed by atoms with Gasteiger partial charge in [-0.05, 0) is 50.9 Å². The molecule has 2 rings (SSSR count). The lowest BCUT2D eigenvalue weighted by atomic mass is 9.49. The van der Waals surface area contributed by atoms with Crippen molar-refractivity contribution in [1.82, 2.24) is 0 Å². The van der Waals surface area contributed by atoms with E-state index in [4.69, 9.17) is 5.73 Å². The lowest BCUT2D eigenvalue weighted by molar-refractivity contribution is -0.0510. The third kappa shape index (κ3) is 1.10. The zero-order valence-corrected chi connectivity index (χ0v) is 7.69. The second-order valence-corrected chi connectivity index (χ2v) is 5.28. The van der Waals surface area contributed by atoms with Crippen LogP contribution in [0, 0.1) is 11.3 Å². The van der Waals surface area contributed by atoms with Crippen LogP contribution in [0.3, 0.4) is 0 Å². The molecule has 0 atom stereocenters. The van der Waals surface area contributed by atoms with Crippen molar-refractivity contribution in [3.05, 3.63) is 0 Å². The number of hydrogen-bond acceptors (Lipinski definition) is 1. The van der Waals surface area contributed by atoms with E-state index in [2.05, 4.69) is 13.8 Å². The summed E-state index contributed by atoms with van der Waals surface area (Å²) in [5.41, 5.74) is 6.92. The standard InChI is InChI=1S/C10H19N/c1-9(2,11)8-6-10(7-8)4-3-5-10/h8H,3-7,11H2,1-2H3. The molecule has 2 aliphatic rings. The van der Waals surface area contributed by atoms with E-state index >= 15 is 0 Å². The van der Waals surface area contributed by atoms with E-state index in [1.54, 1.807) is 0 Å². The normalized spacial score (nSPS) is 29.7. The molecule has 1 nitrogen and oxygen atoms in total. The molecule has 2 fully saturated rings. The fraction of sp³-hybridized carbons (Fsp3) is 1.00. The van der Waals surface area contributed by atoms with Crippen molar-refractivity contribution < 1.29 is 0 Å². The van der Waals surface area contributed by atoms with Crippen LogP contribution in [0.4, 0.5) is 0 Å². The summed E-state index contributed by atoms with van der Waals surface area (Å²) < 4.78 is 0. The molecular weight excluding hydrogens is 134 g/mol. The first-order valence-corrected chi connectivity index (χ1v) is 4.81. The molecule has 2 N–H and O–H groups in total. The third-order valence-corrected chi connectivity index (χ3v) is 3.83. The maximum absolute atomic E-state index is 6.04. The van der Waals surface area contributed by atoms with Crippen molar-refractivity contribution in [3.63, 3.8) is 0 Å². The van der Waals surface area contributed by atoms with Gasteiger partial charge in [0.05, 0.1) is 0 Å². The van der Waals surface area contributed by atoms with Gasteiger partial charge in [-0.2, -0.15) is 0 Å². The molecule has 11 heavy (non-hydrogen) atoms. The smallest absolute Gasteiger partial charge is 0.0126 e. The maximum Gasteiger partial charge on any atom is 0.0126 e. The van der Waals surface area contributed by atoms with Gasteiger partial charge in [0.15, 0.2) is 0 Å². The molecule has 0 amide bonds. The fourth-order valence-electron chi connectivity index (χ4n) is 2.60. The van der Waals surface area contributed by atoms with Crippen molar-refractivity contribution in [1.29, 1.82) is 0 Å². The van der Waals surface area contributed by atoms with Gasteiger partial charge in [0, 0.05) is 5.54 Å². The van der Waals surface area contributed by atoms with Crippen LogP contribution >= 0.6 is 0 Å². The number of hydrogen-bond donors (Lipinski definition) is 1. The molecule has 0 bridgehead atoms. The first-order chi connectivity index (χ1) is 5.02. The molecule has 0 unspecified atom stereocenters. The molecule has 0 aromatic heterocycles. The Morgan fingerprint density at radius 1 is 1.27 bits per heavy atom. The van der Waals surface area contributed by atoms with Gasteiger partial charge in [-0.25, -0.2) is 0 Å². The predicted molar refractivity (Wildman–Crippen MR) is 47.3 cm³/mol. The molecule has 0 saturated heterocycles. The predicted octanol–water partition coefficient (Wildman–Crippen LogP) is 2.30. The average molecular weight is 153 g/mol. The zero-order valence-electron chi connectivity index (χ0n) is 7.69. The Balaban J connectivity index is 1.88. The minimum absolute atomic E-state index is 0.0842. The van der Waals surface area contributed by atoms with E-state index in [-0.39, 0.29) is 5.54 Å². The Morgan fingerprint density at radius 2 is 1.82 bits per heavy atom. The molecule has 0 aromatic rings. The topological polar surface area (TPSA) is 26.0 Å². The van der Waals surface area contributed by atoms with Gasteiger partial charge in [-0.1, -0.05) is 6.42 Å². The van der Waals surface area contributed by atoms with Crippen molar-refractivity contribution in [2.24, 2.45) is 17.1 Å². The van der Waals surface area contributed by atoms with Gasteiger partial charge in [-0.15, -0.1) is 0 Å². The number of rotatable bonds is 1. The molecule has 1 heteroatoms. The second kappa shape index (κ2) is 2.01. The van der Waals surface area contributed by atoms with Crippen LogP contribution in [0.5, 0.6) is 0 Å². The summed E-state index contributed by atoms with van der Waals surface area (Å²) in [4.78, 5) is 0. The van der Waals surface area contributed by atoms with Crippen molar-refractivity contribution in [2.75, 3.05) is 0 Å². The first-order valence-electron chi connectivity index (χ1n) is 4.81. The summed E-state index contributed by atoms with van der Waals surface area (Å²) in [6.07, 6.45) is 7.27. The Hall–Kier alpha value is -0.0400. The average Bonchev–Trinajstić information content (AvgIpc) is 1.49. The van der Waals surface area contributed by atoms with E-state index in [9.17, 15) is 0 Å². The summed E-state index contributed by atoms with van der Waals surface area (Å²) in [5.74, 6) is 0.808. The highest BCUT2D eigenvalue weighted by molar-refractivity contribution is 5.04. The Morgan fingerprint density at radius 3 is 2.09 bits per heavy atom. The Bertz CT molecular complexity index is 154. The summed E-state index contributed by atoms with van der Waals surface area (Å²) in [7, 11) is 0. The maximum atomic E-state index is 6.04. The lowest BCUT2D eigenvalue weighted by Crippen LogP contribution is -2.54. The molecule has 2 aliphatic carbocycles. The molecule has 0 radical (unpaired) electrons. The third-order valence-electron chi connectivity index (χ3n) is 3.83. The summed E-state index contributed by atoms with van der Waals surface area (Å²) >= 11 is 0. The van der Waals surface area contributed by atoms with Crippen LogP contribution in [0.2, 0.25) is 0 Å². The van der Waals surface area contributed by atoms with Gasteiger partial charge >= 0.3 is 0 Å². The van der Waals surface area contributed by atoms with E-state index in [0.717, 1.165) is 11.3 Å². The zero-order chi connectivity index (χ0) is 8.11. The molecule has 0 aromatic carbocycles. The van der Waals surface area contributed by atoms with Gasteiger partial charge in [0.25, 0.3) is 0 Å². The quantitative estimate of drug-likeness (QED) is 0.614. The van der Waals surface area contributed by atoms with Crippen LogP contribution in [-0.2, 0) is 0 Å². The van der Waals surface area contributed by atoms with Gasteiger partial charge in [0.2, 0.25) is 0 Å². The van der Waals surface area contributed by atoms with E-state index in [1.165, 1.54) is 32.1 Å². The highest BCUT2D eigenvalue weighted by Crippen LogP contribution is 2.60. The van der Waals surface area contributed by atoms with Gasteiger partial charge in [-0.3, -0.25) is 0 Å². The van der Waals surface area contributed by atoms with Crippen LogP contribution in [0.25, 0.3) is 0 Å². The highest BCUT2D eigenvalue weighted by atomic mass is 14.8. The van der Waals surface area contributed by atoms with Crippen molar-refractivity contribution in [2.45, 2.75) is 51.5 Å². The van der Waals surface area contributed by atoms with Gasteiger partial charge in [0.1, 0.15) is 0 Å². The lowest BCUT2D eigenvalue weighted by Gasteiger charge is -2.58. The van der Waals surface area contributed by atoms with E-state index < -0.39 is 0 Å². The number of nitrogens with two attached hydrogens (primary N) is 1. The first kappa shape index (κ1) is 7.60. The Labute approximate surface area is 69.4 Å². The minimum Gasteiger partial charge on any atom is -0.325 e. The molecule has 64 valence electrons. The molecule has 1 spiro atoms. The summed E-state index contributed by atoms with van der Waals surface area (Å²) in [6.45, 7) is 4.34. The second-order valence-electron chi connectivity index (χ2n) is 5.28. The molecule has 0 aliphatic heterocycles. The monoisotopic (exact) mass is 153 g/mol. The Kier molecular flexibility index (Phi) is 1.39. The summed E-state index contributed by atoms with van der Waals surface area (Å²) in [5, 5.41) is 0. The van der Waals surface area contributed by atoms with Crippen LogP contribution in [0.1, 0.15) is 46.0 Å². The van der Waals surface area contributed by atoms with Crippen LogP contribution in [-0.4, -0.2) is 5.54 Å². The van der Waals surface area contributed by atoms with Crippen molar-refractivity contribution in [3.8, 4) is 0 Å². The molecule has 2 saturated carbocycles. The SMILES string of the molecule is CC(C)(N)C1CC2(CCC2)C1. The van der Waals surface area contributed by atoms with Gasteiger partial charge < -0.3 is 5.73 Å².